The lowest BCUT2D eigenvalue weighted by atomic mass is 10.3. The number of allylic oxidation sites excluding steroid dienone is 1. The Labute approximate surface area is 122 Å². The molecule has 132 valence electrons. The monoisotopic (exact) mass is 378 g/mol. The summed E-state index contributed by atoms with van der Waals surface area (Å²) in [6, 6.07) is 0. The SMILES string of the molecule is C=C(C)OC(C)CC(S(=O)(=O)C(F)(F)F)S(=O)(=O)C(F)(F)F. The van der Waals surface area contributed by atoms with Crippen molar-refractivity contribution in [2.45, 2.75) is 42.0 Å². The third kappa shape index (κ3) is 4.51. The van der Waals surface area contributed by atoms with Crippen molar-refractivity contribution in [3.8, 4) is 0 Å². The molecule has 0 saturated carbocycles. The molecule has 1 unspecified atom stereocenters. The van der Waals surface area contributed by atoms with E-state index in [4.69, 9.17) is 0 Å². The van der Waals surface area contributed by atoms with Crippen LogP contribution < -0.4 is 0 Å². The Balaban J connectivity index is 6.01. The average Bonchev–Trinajstić information content (AvgIpc) is 2.20. The molecule has 0 aromatic heterocycles. The predicted molar refractivity (Wildman–Crippen MR) is 63.7 cm³/mol. The summed E-state index contributed by atoms with van der Waals surface area (Å²) in [6.07, 6.45) is -3.12. The zero-order chi connectivity index (χ0) is 18.1. The first-order chi connectivity index (χ1) is 9.44. The van der Waals surface area contributed by atoms with E-state index in [1.165, 1.54) is 6.92 Å². The normalized spacial score (nSPS) is 15.7. The fourth-order valence-electron chi connectivity index (χ4n) is 1.38. The molecule has 0 radical (unpaired) electrons. The molecular weight excluding hydrogens is 366 g/mol. The van der Waals surface area contributed by atoms with Crippen LogP contribution in [0.15, 0.2) is 12.3 Å². The van der Waals surface area contributed by atoms with Gasteiger partial charge in [-0.05, 0) is 13.8 Å². The molecule has 0 saturated heterocycles. The Bertz CT molecular complexity index is 572. The number of hydrogen-bond acceptors (Lipinski definition) is 5. The van der Waals surface area contributed by atoms with E-state index in [0.717, 1.165) is 6.92 Å². The average molecular weight is 378 g/mol. The molecule has 0 N–H and O–H groups in total. The highest BCUT2D eigenvalue weighted by Crippen LogP contribution is 2.38. The summed E-state index contributed by atoms with van der Waals surface area (Å²) < 4.78 is 120. The van der Waals surface area contributed by atoms with Crippen LogP contribution in [0, 0.1) is 0 Å². The first kappa shape index (κ1) is 21.0. The van der Waals surface area contributed by atoms with Crippen molar-refractivity contribution in [2.75, 3.05) is 0 Å². The molecule has 0 amide bonds. The van der Waals surface area contributed by atoms with Gasteiger partial charge in [0.15, 0.2) is 4.58 Å². The molecule has 0 rings (SSSR count). The van der Waals surface area contributed by atoms with Gasteiger partial charge >= 0.3 is 11.0 Å². The second-order valence-electron chi connectivity index (χ2n) is 4.28. The van der Waals surface area contributed by atoms with Gasteiger partial charge in [0.2, 0.25) is 0 Å². The quantitative estimate of drug-likeness (QED) is 0.524. The Morgan fingerprint density at radius 3 is 1.55 bits per heavy atom. The summed E-state index contributed by atoms with van der Waals surface area (Å²) >= 11 is 0. The Morgan fingerprint density at radius 1 is 1.00 bits per heavy atom. The van der Waals surface area contributed by atoms with Crippen LogP contribution in [-0.4, -0.2) is 38.5 Å². The smallest absolute Gasteiger partial charge is 0.496 e. The molecule has 0 aliphatic heterocycles. The van der Waals surface area contributed by atoms with Crippen molar-refractivity contribution in [1.29, 1.82) is 0 Å². The minimum atomic E-state index is -6.63. The maximum Gasteiger partial charge on any atom is 0.498 e. The Morgan fingerprint density at radius 2 is 1.32 bits per heavy atom. The van der Waals surface area contributed by atoms with Crippen molar-refractivity contribution in [2.24, 2.45) is 0 Å². The molecule has 0 aliphatic rings. The van der Waals surface area contributed by atoms with E-state index < -0.39 is 47.8 Å². The number of halogens is 6. The summed E-state index contributed by atoms with van der Waals surface area (Å²) in [7, 11) is -13.3. The second kappa shape index (κ2) is 6.26. The van der Waals surface area contributed by atoms with Gasteiger partial charge in [0.05, 0.1) is 11.9 Å². The number of rotatable bonds is 6. The van der Waals surface area contributed by atoms with Gasteiger partial charge < -0.3 is 4.74 Å². The van der Waals surface area contributed by atoms with Crippen LogP contribution >= 0.6 is 0 Å². The van der Waals surface area contributed by atoms with E-state index in [9.17, 15) is 43.2 Å². The second-order valence-corrected chi connectivity index (χ2v) is 8.82. The zero-order valence-electron chi connectivity index (χ0n) is 11.2. The third-order valence-corrected chi connectivity index (χ3v) is 6.84. The third-order valence-electron chi connectivity index (χ3n) is 2.26. The van der Waals surface area contributed by atoms with E-state index in [-0.39, 0.29) is 5.76 Å². The zero-order valence-corrected chi connectivity index (χ0v) is 12.8. The number of hydrogen-bond donors (Lipinski definition) is 0. The minimum Gasteiger partial charge on any atom is -0.496 e. The number of alkyl halides is 6. The molecule has 0 fully saturated rings. The van der Waals surface area contributed by atoms with Crippen LogP contribution in [0.2, 0.25) is 0 Å². The van der Waals surface area contributed by atoms with Gasteiger partial charge in [-0.25, -0.2) is 16.8 Å². The molecule has 22 heavy (non-hydrogen) atoms. The highest BCUT2D eigenvalue weighted by atomic mass is 32.3. The first-order valence-corrected chi connectivity index (χ1v) is 8.46. The maximum absolute atomic E-state index is 12.4. The van der Waals surface area contributed by atoms with E-state index in [2.05, 4.69) is 11.3 Å². The lowest BCUT2D eigenvalue weighted by molar-refractivity contribution is -0.0476. The highest BCUT2D eigenvalue weighted by molar-refractivity contribution is 8.09. The Kier molecular flexibility index (Phi) is 5.98. The van der Waals surface area contributed by atoms with Crippen LogP contribution in [0.3, 0.4) is 0 Å². The molecule has 5 nitrogen and oxygen atoms in total. The highest BCUT2D eigenvalue weighted by Gasteiger charge is 2.63. The first-order valence-electron chi connectivity index (χ1n) is 5.37. The van der Waals surface area contributed by atoms with Gasteiger partial charge in [0, 0.05) is 6.42 Å². The summed E-state index contributed by atoms with van der Waals surface area (Å²) in [5.41, 5.74) is -12.3. The molecular formula is C9H12F6O5S2. The van der Waals surface area contributed by atoms with E-state index in [0.29, 0.717) is 0 Å². The Hall–Kier alpha value is -0.980. The van der Waals surface area contributed by atoms with Crippen molar-refractivity contribution in [1.82, 2.24) is 0 Å². The van der Waals surface area contributed by atoms with Crippen molar-refractivity contribution >= 4 is 19.7 Å². The predicted octanol–water partition coefficient (Wildman–Crippen LogP) is 2.51. The summed E-state index contributed by atoms with van der Waals surface area (Å²) in [4.78, 5) is 0. The van der Waals surface area contributed by atoms with Gasteiger partial charge in [-0.3, -0.25) is 0 Å². The van der Waals surface area contributed by atoms with Gasteiger partial charge in [-0.2, -0.15) is 26.3 Å². The molecule has 0 aliphatic carbocycles. The molecule has 13 heteroatoms. The van der Waals surface area contributed by atoms with Crippen LogP contribution in [-0.2, 0) is 24.4 Å². The molecule has 1 atom stereocenters. The fraction of sp³-hybridized carbons (Fsp3) is 0.778. The van der Waals surface area contributed by atoms with E-state index in [1.54, 1.807) is 0 Å². The summed E-state index contributed by atoms with van der Waals surface area (Å²) in [5.74, 6) is -0.139. The largest absolute Gasteiger partial charge is 0.498 e. The van der Waals surface area contributed by atoms with Crippen molar-refractivity contribution in [3.05, 3.63) is 12.3 Å². The van der Waals surface area contributed by atoms with Crippen LogP contribution in [0.4, 0.5) is 26.3 Å². The molecule has 0 aromatic carbocycles. The van der Waals surface area contributed by atoms with E-state index >= 15 is 0 Å². The van der Waals surface area contributed by atoms with Crippen LogP contribution in [0.5, 0.6) is 0 Å². The fourth-order valence-corrected chi connectivity index (χ4v) is 5.01. The van der Waals surface area contributed by atoms with E-state index in [1.807, 2.05) is 0 Å². The number of ether oxygens (including phenoxy) is 1. The van der Waals surface area contributed by atoms with Crippen LogP contribution in [0.1, 0.15) is 20.3 Å². The maximum atomic E-state index is 12.4. The minimum absolute atomic E-state index is 0.139. The lowest BCUT2D eigenvalue weighted by Crippen LogP contribution is -2.46. The van der Waals surface area contributed by atoms with Gasteiger partial charge in [-0.15, -0.1) is 0 Å². The van der Waals surface area contributed by atoms with Gasteiger partial charge in [-0.1, -0.05) is 6.58 Å². The molecule has 0 spiro atoms. The molecule has 0 bridgehead atoms. The summed E-state index contributed by atoms with van der Waals surface area (Å²) in [6.45, 7) is 5.27. The summed E-state index contributed by atoms with van der Waals surface area (Å²) in [5, 5.41) is 0. The molecule has 0 heterocycles. The standard InChI is InChI=1S/C9H12F6O5S2/c1-5(2)20-6(3)4-7(21(16,17)8(10,11)12)22(18,19)9(13,14)15/h6-7H,1,4H2,2-3H3. The lowest BCUT2D eigenvalue weighted by Gasteiger charge is -2.24. The topological polar surface area (TPSA) is 77.5 Å². The number of sulfone groups is 2. The van der Waals surface area contributed by atoms with Gasteiger partial charge in [0.25, 0.3) is 19.7 Å². The molecule has 0 aromatic rings. The van der Waals surface area contributed by atoms with Crippen LogP contribution in [0.25, 0.3) is 0 Å². The van der Waals surface area contributed by atoms with Crippen molar-refractivity contribution < 1.29 is 47.9 Å². The van der Waals surface area contributed by atoms with Crippen molar-refractivity contribution in [3.63, 3.8) is 0 Å². The van der Waals surface area contributed by atoms with Gasteiger partial charge in [0.1, 0.15) is 0 Å².